The highest BCUT2D eigenvalue weighted by Gasteiger charge is 2.19. The Balaban J connectivity index is 1.67. The zero-order valence-electron chi connectivity index (χ0n) is 15.6. The molecule has 4 aromatic rings. The first-order valence-corrected chi connectivity index (χ1v) is 9.82. The second-order valence-corrected chi connectivity index (χ2v) is 7.22. The molecule has 3 nitrogen and oxygen atoms in total. The third kappa shape index (κ3) is 3.37. The van der Waals surface area contributed by atoms with Crippen LogP contribution in [0.15, 0.2) is 108 Å². The van der Waals surface area contributed by atoms with Crippen LogP contribution in [0.25, 0.3) is 16.5 Å². The molecule has 0 fully saturated rings. The number of nitrogens with zero attached hydrogens (tertiary/aromatic N) is 2. The molecular weight excluding hydrogens is 378 g/mol. The topological polar surface area (TPSA) is 27.6 Å². The van der Waals surface area contributed by atoms with Crippen molar-refractivity contribution in [2.24, 2.45) is 5.10 Å². The van der Waals surface area contributed by atoms with Crippen LogP contribution in [0.3, 0.4) is 0 Å². The molecular formula is C25H18ClN3. The minimum absolute atomic E-state index is 0.729. The highest BCUT2D eigenvalue weighted by atomic mass is 35.5. The Bertz CT molecular complexity index is 1230. The van der Waals surface area contributed by atoms with Crippen LogP contribution in [-0.2, 0) is 0 Å². The third-order valence-corrected chi connectivity index (χ3v) is 5.28. The van der Waals surface area contributed by atoms with Crippen molar-refractivity contribution >= 4 is 39.5 Å². The van der Waals surface area contributed by atoms with Crippen LogP contribution in [0.2, 0.25) is 5.02 Å². The minimum atomic E-state index is 0.729. The van der Waals surface area contributed by atoms with E-state index in [0.29, 0.717) is 0 Å². The van der Waals surface area contributed by atoms with Gasteiger partial charge in [0, 0.05) is 21.4 Å². The number of allylic oxidation sites excluding steroid dienone is 1. The molecule has 1 aliphatic rings. The maximum absolute atomic E-state index is 6.43. The van der Waals surface area contributed by atoms with E-state index in [9.17, 15) is 0 Å². The summed E-state index contributed by atoms with van der Waals surface area (Å²) < 4.78 is 0. The molecule has 0 saturated carbocycles. The molecule has 5 rings (SSSR count). The average molecular weight is 396 g/mol. The van der Waals surface area contributed by atoms with Crippen LogP contribution in [0, 0.1) is 0 Å². The molecule has 0 atom stereocenters. The highest BCUT2D eigenvalue weighted by molar-refractivity contribution is 6.36. The van der Waals surface area contributed by atoms with Gasteiger partial charge in [-0.3, -0.25) is 5.43 Å². The van der Waals surface area contributed by atoms with Crippen LogP contribution >= 0.6 is 11.6 Å². The number of fused-ring (bicyclic) bond motifs is 1. The lowest BCUT2D eigenvalue weighted by Crippen LogP contribution is -2.36. The third-order valence-electron chi connectivity index (χ3n) is 4.95. The van der Waals surface area contributed by atoms with Gasteiger partial charge in [-0.05, 0) is 23.8 Å². The Morgan fingerprint density at radius 3 is 2.00 bits per heavy atom. The standard InChI is InChI=1S/C25H18ClN3/c26-22-15-16-25(21-14-8-7-13-20(21)22)29-27-23(18-9-3-1-4-10-18)17-24(28-29)19-11-5-2-6-12-19/h1-17,27H. The van der Waals surface area contributed by atoms with Gasteiger partial charge in [0.05, 0.1) is 17.1 Å². The number of hydrogen-bond donors (Lipinski definition) is 1. The first-order valence-electron chi connectivity index (χ1n) is 9.45. The van der Waals surface area contributed by atoms with E-state index in [-0.39, 0.29) is 0 Å². The average Bonchev–Trinajstić information content (AvgIpc) is 2.80. The summed E-state index contributed by atoms with van der Waals surface area (Å²) in [4.78, 5) is 0. The van der Waals surface area contributed by atoms with Gasteiger partial charge in [0.2, 0.25) is 0 Å². The first-order chi connectivity index (χ1) is 14.3. The van der Waals surface area contributed by atoms with Crippen LogP contribution in [0.4, 0.5) is 5.69 Å². The number of hydrazine groups is 1. The van der Waals surface area contributed by atoms with Crippen LogP contribution < -0.4 is 10.5 Å². The first kappa shape index (κ1) is 17.5. The Morgan fingerprint density at radius 2 is 1.28 bits per heavy atom. The summed E-state index contributed by atoms with van der Waals surface area (Å²) in [6, 6.07) is 32.5. The quantitative estimate of drug-likeness (QED) is 0.443. The monoisotopic (exact) mass is 395 g/mol. The van der Waals surface area contributed by atoms with Crippen molar-refractivity contribution in [1.29, 1.82) is 0 Å². The number of rotatable bonds is 3. The molecule has 0 saturated heterocycles. The van der Waals surface area contributed by atoms with E-state index in [0.717, 1.165) is 44.0 Å². The maximum Gasteiger partial charge on any atom is 0.0949 e. The summed E-state index contributed by atoms with van der Waals surface area (Å²) in [5, 5.41) is 9.50. The number of hydrogen-bond acceptors (Lipinski definition) is 3. The van der Waals surface area contributed by atoms with E-state index in [2.05, 4.69) is 41.8 Å². The van der Waals surface area contributed by atoms with Crippen molar-refractivity contribution < 1.29 is 0 Å². The molecule has 4 aromatic carbocycles. The fourth-order valence-electron chi connectivity index (χ4n) is 3.51. The molecule has 0 aromatic heterocycles. The molecule has 1 aliphatic heterocycles. The number of halogens is 1. The predicted octanol–water partition coefficient (Wildman–Crippen LogP) is 6.26. The van der Waals surface area contributed by atoms with Gasteiger partial charge >= 0.3 is 0 Å². The minimum Gasteiger partial charge on any atom is -0.277 e. The zero-order chi connectivity index (χ0) is 19.6. The van der Waals surface area contributed by atoms with Crippen molar-refractivity contribution in [3.63, 3.8) is 0 Å². The lowest BCUT2D eigenvalue weighted by molar-refractivity contribution is 0.791. The van der Waals surface area contributed by atoms with Gasteiger partial charge in [0.25, 0.3) is 0 Å². The lowest BCUT2D eigenvalue weighted by Gasteiger charge is -2.29. The molecule has 140 valence electrons. The second-order valence-electron chi connectivity index (χ2n) is 6.81. The molecule has 0 unspecified atom stereocenters. The van der Waals surface area contributed by atoms with Gasteiger partial charge in [0.1, 0.15) is 0 Å². The van der Waals surface area contributed by atoms with E-state index in [1.54, 1.807) is 0 Å². The molecule has 0 radical (unpaired) electrons. The smallest absolute Gasteiger partial charge is 0.0949 e. The van der Waals surface area contributed by atoms with Gasteiger partial charge in [-0.15, -0.1) is 0 Å². The molecule has 0 aliphatic carbocycles. The van der Waals surface area contributed by atoms with Crippen LogP contribution in [-0.4, -0.2) is 5.71 Å². The van der Waals surface area contributed by atoms with E-state index in [4.69, 9.17) is 16.7 Å². The largest absolute Gasteiger partial charge is 0.277 e. The van der Waals surface area contributed by atoms with Crippen molar-refractivity contribution in [3.8, 4) is 0 Å². The van der Waals surface area contributed by atoms with E-state index in [1.807, 2.05) is 71.8 Å². The molecule has 0 amide bonds. The maximum atomic E-state index is 6.43. The zero-order valence-corrected chi connectivity index (χ0v) is 16.3. The summed E-state index contributed by atoms with van der Waals surface area (Å²) in [5.41, 5.74) is 8.44. The second kappa shape index (κ2) is 7.46. The fourth-order valence-corrected chi connectivity index (χ4v) is 3.73. The van der Waals surface area contributed by atoms with Crippen molar-refractivity contribution in [2.45, 2.75) is 0 Å². The molecule has 1 N–H and O–H groups in total. The van der Waals surface area contributed by atoms with E-state index in [1.165, 1.54) is 0 Å². The Labute approximate surface area is 174 Å². The Morgan fingerprint density at radius 1 is 0.655 bits per heavy atom. The fraction of sp³-hybridized carbons (Fsp3) is 0. The van der Waals surface area contributed by atoms with Gasteiger partial charge < -0.3 is 0 Å². The Kier molecular flexibility index (Phi) is 4.51. The molecule has 4 heteroatoms. The van der Waals surface area contributed by atoms with E-state index < -0.39 is 0 Å². The summed E-state index contributed by atoms with van der Waals surface area (Å²) in [6.45, 7) is 0. The summed E-state index contributed by atoms with van der Waals surface area (Å²) in [6.07, 6.45) is 2.08. The normalized spacial score (nSPS) is 13.6. The van der Waals surface area contributed by atoms with Crippen LogP contribution in [0.1, 0.15) is 11.1 Å². The lowest BCUT2D eigenvalue weighted by atomic mass is 10.1. The van der Waals surface area contributed by atoms with Crippen molar-refractivity contribution in [1.82, 2.24) is 5.43 Å². The van der Waals surface area contributed by atoms with Gasteiger partial charge in [0.15, 0.2) is 0 Å². The summed E-state index contributed by atoms with van der Waals surface area (Å²) in [7, 11) is 0. The van der Waals surface area contributed by atoms with Gasteiger partial charge in [-0.2, -0.15) is 10.2 Å². The predicted molar refractivity (Wildman–Crippen MR) is 122 cm³/mol. The molecule has 0 spiro atoms. The van der Waals surface area contributed by atoms with Crippen molar-refractivity contribution in [3.05, 3.63) is 119 Å². The highest BCUT2D eigenvalue weighted by Crippen LogP contribution is 2.33. The number of benzene rings is 4. The Hall–Kier alpha value is -3.56. The number of nitrogens with one attached hydrogen (secondary N) is 1. The molecule has 29 heavy (non-hydrogen) atoms. The number of anilines is 1. The summed E-state index contributed by atoms with van der Waals surface area (Å²) >= 11 is 6.43. The van der Waals surface area contributed by atoms with E-state index >= 15 is 0 Å². The van der Waals surface area contributed by atoms with Gasteiger partial charge in [-0.25, -0.2) is 0 Å². The SMILES string of the molecule is Clc1ccc(N2N=C(c3ccccc3)C=C(c3ccccc3)N2)c2ccccc12. The summed E-state index contributed by atoms with van der Waals surface area (Å²) in [5.74, 6) is 0. The molecule has 0 bridgehead atoms. The van der Waals surface area contributed by atoms with Gasteiger partial charge in [-0.1, -0.05) is 96.5 Å². The molecule has 1 heterocycles. The van der Waals surface area contributed by atoms with Crippen LogP contribution in [0.5, 0.6) is 0 Å². The van der Waals surface area contributed by atoms with Crippen molar-refractivity contribution in [2.75, 3.05) is 5.12 Å². The number of hydrazone groups is 1.